The Kier molecular flexibility index (Phi) is 5.43. The molecule has 1 aromatic heterocycles. The van der Waals surface area contributed by atoms with Gasteiger partial charge in [-0.05, 0) is 47.9 Å². The third-order valence-electron chi connectivity index (χ3n) is 4.75. The van der Waals surface area contributed by atoms with Crippen molar-refractivity contribution in [2.24, 2.45) is 5.92 Å². The fourth-order valence-electron chi connectivity index (χ4n) is 3.35. The Morgan fingerprint density at radius 3 is 2.78 bits per heavy atom. The predicted molar refractivity (Wildman–Crippen MR) is 87.1 cm³/mol. The van der Waals surface area contributed by atoms with E-state index in [0.29, 0.717) is 11.4 Å². The van der Waals surface area contributed by atoms with Gasteiger partial charge in [0.15, 0.2) is 0 Å². The summed E-state index contributed by atoms with van der Waals surface area (Å²) in [5.74, 6) is -2.14. The molecule has 0 radical (unpaired) electrons. The molecule has 6 nitrogen and oxygen atoms in total. The first kappa shape index (κ1) is 19.2. The van der Waals surface area contributed by atoms with E-state index in [2.05, 4.69) is 15.5 Å². The highest BCUT2D eigenvalue weighted by Gasteiger charge is 2.43. The van der Waals surface area contributed by atoms with Crippen molar-refractivity contribution in [2.45, 2.75) is 38.4 Å². The molecule has 0 saturated carbocycles. The van der Waals surface area contributed by atoms with Crippen LogP contribution in [0.3, 0.4) is 0 Å². The lowest BCUT2D eigenvalue weighted by molar-refractivity contribution is -0.188. The molecule has 1 aliphatic heterocycles. The van der Waals surface area contributed by atoms with E-state index in [4.69, 9.17) is 0 Å². The average molecular weight is 385 g/mol. The zero-order valence-corrected chi connectivity index (χ0v) is 14.7. The molecule has 1 aliphatic rings. The topological polar surface area (TPSA) is 63.9 Å². The van der Waals surface area contributed by atoms with E-state index in [1.54, 1.807) is 13.0 Å². The molecule has 2 heterocycles. The second-order valence-electron chi connectivity index (χ2n) is 6.69. The van der Waals surface area contributed by atoms with Gasteiger partial charge in [0.1, 0.15) is 17.7 Å². The van der Waals surface area contributed by atoms with Gasteiger partial charge in [-0.25, -0.2) is 9.07 Å². The molecule has 0 N–H and O–H groups in total. The van der Waals surface area contributed by atoms with Gasteiger partial charge in [-0.3, -0.25) is 4.79 Å². The molecule has 1 amide bonds. The number of halogens is 4. The molecule has 0 spiro atoms. The van der Waals surface area contributed by atoms with Crippen LogP contribution in [0.5, 0.6) is 0 Å². The molecular formula is C17H19F4N5O. The number of benzene rings is 1. The fraction of sp³-hybridized carbons (Fsp3) is 0.529. The van der Waals surface area contributed by atoms with Gasteiger partial charge in [0.2, 0.25) is 5.91 Å². The largest absolute Gasteiger partial charge is 0.393 e. The maximum atomic E-state index is 13.5. The summed E-state index contributed by atoms with van der Waals surface area (Å²) in [6.07, 6.45) is -3.99. The Labute approximate surface area is 153 Å². The summed E-state index contributed by atoms with van der Waals surface area (Å²) in [6.45, 7) is 1.45. The number of carbonyl (C=O) groups excluding carboxylic acids is 1. The van der Waals surface area contributed by atoms with Gasteiger partial charge in [-0.15, -0.1) is 5.10 Å². The molecule has 0 bridgehead atoms. The molecule has 3 rings (SSSR count). The molecule has 1 saturated heterocycles. The van der Waals surface area contributed by atoms with Gasteiger partial charge in [0, 0.05) is 19.5 Å². The average Bonchev–Trinajstić information content (AvgIpc) is 3.04. The minimum Gasteiger partial charge on any atom is -0.340 e. The Bertz CT molecular complexity index is 807. The van der Waals surface area contributed by atoms with Crippen molar-refractivity contribution in [1.82, 2.24) is 25.1 Å². The van der Waals surface area contributed by atoms with Crippen LogP contribution in [0.4, 0.5) is 17.6 Å². The number of aryl methyl sites for hydroxylation is 1. The van der Waals surface area contributed by atoms with Gasteiger partial charge in [0.05, 0.1) is 5.92 Å². The summed E-state index contributed by atoms with van der Waals surface area (Å²) < 4.78 is 54.1. The van der Waals surface area contributed by atoms with E-state index < -0.39 is 29.9 Å². The smallest absolute Gasteiger partial charge is 0.340 e. The Morgan fingerprint density at radius 2 is 2.15 bits per heavy atom. The van der Waals surface area contributed by atoms with Gasteiger partial charge in [-0.1, -0.05) is 12.1 Å². The van der Waals surface area contributed by atoms with E-state index in [0.717, 1.165) is 0 Å². The summed E-state index contributed by atoms with van der Waals surface area (Å²) >= 11 is 0. The number of alkyl halides is 3. The molecule has 2 atom stereocenters. The third kappa shape index (κ3) is 4.42. The highest BCUT2D eigenvalue weighted by Crippen LogP contribution is 2.34. The van der Waals surface area contributed by atoms with Crippen LogP contribution in [0.25, 0.3) is 0 Å². The first-order valence-electron chi connectivity index (χ1n) is 8.60. The normalized spacial score (nSPS) is 19.1. The standard InChI is InChI=1S/C17H19F4N5O/c1-11-22-23-24-26(11)15(9-12-4-2-6-14(18)8-12)16(27)25-7-3-5-13(10-25)17(19,20)21/h2,4,6,8,13,15H,3,5,7,9-10H2,1H3/t13-,15-/m0/s1. The first-order valence-corrected chi connectivity index (χ1v) is 8.60. The monoisotopic (exact) mass is 385 g/mol. The number of tetrazole rings is 1. The van der Waals surface area contributed by atoms with E-state index in [-0.39, 0.29) is 32.4 Å². The van der Waals surface area contributed by atoms with Crippen LogP contribution in [0.2, 0.25) is 0 Å². The number of carbonyl (C=O) groups is 1. The molecule has 0 unspecified atom stereocenters. The van der Waals surface area contributed by atoms with Crippen LogP contribution in [0.1, 0.15) is 30.3 Å². The minimum absolute atomic E-state index is 0.00571. The quantitative estimate of drug-likeness (QED) is 0.760. The number of likely N-dealkylation sites (tertiary alicyclic amines) is 1. The molecule has 10 heteroatoms. The lowest BCUT2D eigenvalue weighted by Crippen LogP contribution is -2.47. The van der Waals surface area contributed by atoms with Crippen LogP contribution >= 0.6 is 0 Å². The number of hydrogen-bond donors (Lipinski definition) is 0. The molecule has 27 heavy (non-hydrogen) atoms. The van der Waals surface area contributed by atoms with E-state index in [9.17, 15) is 22.4 Å². The summed E-state index contributed by atoms with van der Waals surface area (Å²) in [6, 6.07) is 4.79. The maximum Gasteiger partial charge on any atom is 0.393 e. The van der Waals surface area contributed by atoms with Crippen molar-refractivity contribution in [3.63, 3.8) is 0 Å². The van der Waals surface area contributed by atoms with Crippen LogP contribution in [-0.2, 0) is 11.2 Å². The second kappa shape index (κ2) is 7.61. The van der Waals surface area contributed by atoms with E-state index >= 15 is 0 Å². The zero-order chi connectivity index (χ0) is 19.6. The van der Waals surface area contributed by atoms with Crippen molar-refractivity contribution in [3.05, 3.63) is 41.5 Å². The van der Waals surface area contributed by atoms with Crippen LogP contribution < -0.4 is 0 Å². The SMILES string of the molecule is Cc1nnnn1[C@@H](Cc1cccc(F)c1)C(=O)N1CCC[C@H](C(F)(F)F)C1. The Morgan fingerprint density at radius 1 is 1.37 bits per heavy atom. The maximum absolute atomic E-state index is 13.5. The first-order chi connectivity index (χ1) is 12.8. The van der Waals surface area contributed by atoms with E-state index in [1.807, 2.05) is 0 Å². The molecule has 1 aromatic carbocycles. The summed E-state index contributed by atoms with van der Waals surface area (Å²) in [7, 11) is 0. The number of aromatic nitrogens is 4. The zero-order valence-electron chi connectivity index (χ0n) is 14.7. The lowest BCUT2D eigenvalue weighted by atomic mass is 9.96. The summed E-state index contributed by atoms with van der Waals surface area (Å²) in [4.78, 5) is 14.3. The van der Waals surface area contributed by atoms with Crippen molar-refractivity contribution in [3.8, 4) is 0 Å². The minimum atomic E-state index is -4.35. The van der Waals surface area contributed by atoms with Crippen LogP contribution in [0, 0.1) is 18.7 Å². The van der Waals surface area contributed by atoms with E-state index in [1.165, 1.54) is 27.8 Å². The number of hydrogen-bond acceptors (Lipinski definition) is 4. The van der Waals surface area contributed by atoms with Crippen molar-refractivity contribution in [1.29, 1.82) is 0 Å². The van der Waals surface area contributed by atoms with Gasteiger partial charge < -0.3 is 4.90 Å². The lowest BCUT2D eigenvalue weighted by Gasteiger charge is -2.35. The number of rotatable bonds is 4. The number of nitrogens with zero attached hydrogens (tertiary/aromatic N) is 5. The number of amides is 1. The Hall–Kier alpha value is -2.52. The highest BCUT2D eigenvalue weighted by atomic mass is 19.4. The molecule has 146 valence electrons. The predicted octanol–water partition coefficient (Wildman–Crippen LogP) is 2.71. The fourth-order valence-corrected chi connectivity index (χ4v) is 3.35. The number of piperidine rings is 1. The van der Waals surface area contributed by atoms with Crippen LogP contribution in [-0.4, -0.2) is 50.3 Å². The van der Waals surface area contributed by atoms with Crippen molar-refractivity contribution >= 4 is 5.91 Å². The van der Waals surface area contributed by atoms with Gasteiger partial charge >= 0.3 is 6.18 Å². The summed E-state index contributed by atoms with van der Waals surface area (Å²) in [5.41, 5.74) is 0.535. The second-order valence-corrected chi connectivity index (χ2v) is 6.69. The van der Waals surface area contributed by atoms with Crippen LogP contribution in [0.15, 0.2) is 24.3 Å². The van der Waals surface area contributed by atoms with Crippen molar-refractivity contribution < 1.29 is 22.4 Å². The third-order valence-corrected chi connectivity index (χ3v) is 4.75. The molecule has 2 aromatic rings. The highest BCUT2D eigenvalue weighted by molar-refractivity contribution is 5.81. The molecule has 0 aliphatic carbocycles. The van der Waals surface area contributed by atoms with Gasteiger partial charge in [-0.2, -0.15) is 13.2 Å². The molecule has 1 fully saturated rings. The Balaban J connectivity index is 1.86. The molecular weight excluding hydrogens is 366 g/mol. The van der Waals surface area contributed by atoms with Crippen molar-refractivity contribution in [2.75, 3.05) is 13.1 Å². The summed E-state index contributed by atoms with van der Waals surface area (Å²) in [5, 5.41) is 11.1. The van der Waals surface area contributed by atoms with Gasteiger partial charge in [0.25, 0.3) is 0 Å².